The predicted molar refractivity (Wildman–Crippen MR) is 142 cm³/mol. The van der Waals surface area contributed by atoms with Crippen molar-refractivity contribution in [1.29, 1.82) is 0 Å². The molecule has 4 nitrogen and oxygen atoms in total. The molecule has 7 heteroatoms. The molecule has 0 aliphatic heterocycles. The van der Waals surface area contributed by atoms with Crippen LogP contribution in [0.2, 0.25) is 5.02 Å². The van der Waals surface area contributed by atoms with Crippen molar-refractivity contribution in [1.82, 2.24) is 4.57 Å². The van der Waals surface area contributed by atoms with Crippen molar-refractivity contribution in [2.45, 2.75) is 96.8 Å². The zero-order valence-corrected chi connectivity index (χ0v) is 22.4. The Morgan fingerprint density at radius 1 is 1.08 bits per heavy atom. The minimum absolute atomic E-state index is 0.0237. The van der Waals surface area contributed by atoms with Crippen molar-refractivity contribution < 1.29 is 23.5 Å². The second-order valence-corrected chi connectivity index (χ2v) is 9.70. The van der Waals surface area contributed by atoms with E-state index in [1.165, 1.54) is 0 Å². The van der Waals surface area contributed by atoms with Crippen molar-refractivity contribution in [3.8, 4) is 11.8 Å². The fraction of sp³-hybridized carbons (Fsp3) is 0.586. The van der Waals surface area contributed by atoms with Crippen molar-refractivity contribution in [2.75, 3.05) is 0 Å². The molecule has 1 saturated carbocycles. The molecular formula is C29H38ClF2NO3. The van der Waals surface area contributed by atoms with Gasteiger partial charge in [-0.15, -0.1) is 5.92 Å². The number of ketones is 1. The van der Waals surface area contributed by atoms with Gasteiger partial charge in [0.1, 0.15) is 0 Å². The van der Waals surface area contributed by atoms with Crippen LogP contribution in [-0.4, -0.2) is 27.3 Å². The number of hydrogen-bond donors (Lipinski definition) is 1. The largest absolute Gasteiger partial charge is 0.481 e. The van der Waals surface area contributed by atoms with E-state index >= 15 is 0 Å². The fourth-order valence-electron chi connectivity index (χ4n) is 4.61. The molecule has 1 aliphatic rings. The van der Waals surface area contributed by atoms with Crippen LogP contribution in [0.25, 0.3) is 10.9 Å². The molecule has 1 aromatic heterocycles. The molecule has 0 radical (unpaired) electrons. The Morgan fingerprint density at radius 3 is 2.42 bits per heavy atom. The third-order valence-corrected chi connectivity index (χ3v) is 6.70. The van der Waals surface area contributed by atoms with Gasteiger partial charge in [0, 0.05) is 72.3 Å². The molecule has 2 aromatic rings. The predicted octanol–water partition coefficient (Wildman–Crippen LogP) is 8.23. The summed E-state index contributed by atoms with van der Waals surface area (Å²) < 4.78 is 27.7. The van der Waals surface area contributed by atoms with Crippen LogP contribution < -0.4 is 0 Å². The van der Waals surface area contributed by atoms with Crippen LogP contribution in [0, 0.1) is 17.8 Å². The van der Waals surface area contributed by atoms with Crippen LogP contribution in [0.3, 0.4) is 0 Å². The Bertz CT molecular complexity index is 1090. The third-order valence-electron chi connectivity index (χ3n) is 6.47. The number of nitrogens with zero attached hydrogens (tertiary/aromatic N) is 1. The van der Waals surface area contributed by atoms with Gasteiger partial charge in [0.15, 0.2) is 5.78 Å². The molecule has 1 N–H and O–H groups in total. The van der Waals surface area contributed by atoms with Gasteiger partial charge in [0.25, 0.3) is 5.92 Å². The van der Waals surface area contributed by atoms with Crippen LogP contribution in [0.15, 0.2) is 18.2 Å². The van der Waals surface area contributed by atoms with E-state index in [-0.39, 0.29) is 37.4 Å². The molecule has 0 saturated heterocycles. The normalized spacial score (nSPS) is 14.4. The van der Waals surface area contributed by atoms with E-state index in [1.54, 1.807) is 0 Å². The highest BCUT2D eigenvalue weighted by molar-refractivity contribution is 6.31. The zero-order chi connectivity index (χ0) is 26.7. The Labute approximate surface area is 218 Å². The van der Waals surface area contributed by atoms with Crippen LogP contribution in [0.1, 0.15) is 101 Å². The number of rotatable bonds is 12. The molecule has 198 valence electrons. The van der Waals surface area contributed by atoms with E-state index in [1.807, 2.05) is 39.1 Å². The van der Waals surface area contributed by atoms with Gasteiger partial charge in [-0.1, -0.05) is 50.6 Å². The maximum absolute atomic E-state index is 13.0. The highest BCUT2D eigenvalue weighted by atomic mass is 35.5. The number of carbonyl (C=O) groups excluding carboxylic acids is 1. The summed E-state index contributed by atoms with van der Waals surface area (Å²) in [7, 11) is 1.95. The number of fused-ring (bicyclic) bond motifs is 1. The number of benzene rings is 1. The Morgan fingerprint density at radius 2 is 1.75 bits per heavy atom. The number of carboxylic acids is 1. The zero-order valence-electron chi connectivity index (χ0n) is 21.6. The Hall–Kier alpha value is -2.39. The minimum atomic E-state index is -2.50. The number of aromatic nitrogens is 1. The summed E-state index contributed by atoms with van der Waals surface area (Å²) in [4.78, 5) is 23.9. The number of alkyl halides is 2. The quantitative estimate of drug-likeness (QED) is 0.174. The molecular weight excluding hydrogens is 484 g/mol. The summed E-state index contributed by atoms with van der Waals surface area (Å²) in [6.45, 7) is 4.00. The van der Waals surface area contributed by atoms with Gasteiger partial charge in [-0.25, -0.2) is 8.78 Å². The lowest BCUT2D eigenvalue weighted by Gasteiger charge is -2.31. The maximum Gasteiger partial charge on any atom is 0.303 e. The SMILES string of the molecule is CC.Cn1c(CCCCCCCC#CC2CC(F)(F)C2)c(C(=O)CCCC(=O)O)c2cc(Cl)ccc21. The second kappa shape index (κ2) is 14.4. The van der Waals surface area contributed by atoms with Gasteiger partial charge >= 0.3 is 5.97 Å². The number of carbonyl (C=O) groups is 2. The summed E-state index contributed by atoms with van der Waals surface area (Å²) in [5.41, 5.74) is 2.59. The van der Waals surface area contributed by atoms with E-state index in [0.717, 1.165) is 61.5 Å². The first-order valence-electron chi connectivity index (χ1n) is 13.1. The number of carboxylic acid groups (broad SMARTS) is 1. The number of aliphatic carboxylic acids is 1. The lowest BCUT2D eigenvalue weighted by Crippen LogP contribution is -2.34. The highest BCUT2D eigenvalue weighted by Crippen LogP contribution is 2.41. The highest BCUT2D eigenvalue weighted by Gasteiger charge is 2.44. The fourth-order valence-corrected chi connectivity index (χ4v) is 4.79. The first-order chi connectivity index (χ1) is 17.2. The van der Waals surface area contributed by atoms with Crippen molar-refractivity contribution in [3.05, 3.63) is 34.5 Å². The van der Waals surface area contributed by atoms with Gasteiger partial charge in [0.05, 0.1) is 0 Å². The van der Waals surface area contributed by atoms with Gasteiger partial charge in [-0.3, -0.25) is 9.59 Å². The van der Waals surface area contributed by atoms with Crippen LogP contribution >= 0.6 is 11.6 Å². The van der Waals surface area contributed by atoms with Crippen molar-refractivity contribution in [3.63, 3.8) is 0 Å². The first kappa shape index (κ1) is 29.8. The summed E-state index contributed by atoms with van der Waals surface area (Å²) in [5.74, 6) is 2.42. The number of hydrogen-bond acceptors (Lipinski definition) is 2. The summed E-state index contributed by atoms with van der Waals surface area (Å²) in [6.07, 6.45) is 6.85. The number of unbranched alkanes of at least 4 members (excludes halogenated alkanes) is 5. The van der Waals surface area contributed by atoms with E-state index < -0.39 is 11.9 Å². The monoisotopic (exact) mass is 521 g/mol. The first-order valence-corrected chi connectivity index (χ1v) is 13.4. The lowest BCUT2D eigenvalue weighted by molar-refractivity contribution is -0.137. The van der Waals surface area contributed by atoms with Gasteiger partial charge in [0.2, 0.25) is 0 Å². The molecule has 36 heavy (non-hydrogen) atoms. The van der Waals surface area contributed by atoms with Crippen molar-refractivity contribution in [2.24, 2.45) is 13.0 Å². The molecule has 3 rings (SSSR count). The molecule has 0 unspecified atom stereocenters. The number of aryl methyl sites for hydroxylation is 1. The second-order valence-electron chi connectivity index (χ2n) is 9.26. The molecule has 1 heterocycles. The van der Waals surface area contributed by atoms with Crippen molar-refractivity contribution >= 4 is 34.3 Å². The smallest absolute Gasteiger partial charge is 0.303 e. The lowest BCUT2D eigenvalue weighted by atomic mass is 9.82. The molecule has 1 aromatic carbocycles. The van der Waals surface area contributed by atoms with E-state index in [9.17, 15) is 18.4 Å². The van der Waals surface area contributed by atoms with Gasteiger partial charge in [-0.2, -0.15) is 0 Å². The average molecular weight is 522 g/mol. The summed E-state index contributed by atoms with van der Waals surface area (Å²) >= 11 is 6.20. The summed E-state index contributed by atoms with van der Waals surface area (Å²) in [6, 6.07) is 5.54. The van der Waals surface area contributed by atoms with Crippen LogP contribution in [0.5, 0.6) is 0 Å². The van der Waals surface area contributed by atoms with Gasteiger partial charge < -0.3 is 9.67 Å². The third kappa shape index (κ3) is 8.62. The van der Waals surface area contributed by atoms with E-state index in [2.05, 4.69) is 16.4 Å². The molecule has 1 fully saturated rings. The van der Waals surface area contributed by atoms with Crippen LogP contribution in [0.4, 0.5) is 8.78 Å². The Balaban J connectivity index is 0.00000222. The van der Waals surface area contributed by atoms with E-state index in [4.69, 9.17) is 16.7 Å². The molecule has 0 spiro atoms. The maximum atomic E-state index is 13.0. The molecule has 0 atom stereocenters. The van der Waals surface area contributed by atoms with Gasteiger partial charge in [-0.05, 0) is 43.9 Å². The summed E-state index contributed by atoms with van der Waals surface area (Å²) in [5, 5.41) is 10.3. The molecule has 0 amide bonds. The molecule has 1 aliphatic carbocycles. The topological polar surface area (TPSA) is 59.3 Å². The standard InChI is InChI=1S/C27H32ClF2NO3.C2H6/c1-31-22-15-14-20(28)16-21(22)26(24(32)12-9-13-25(33)34)23(31)11-8-6-4-2-3-5-7-10-19-17-27(29,30)18-19;1-2/h14-16,19H,2-6,8-9,11-13,17-18H2,1H3,(H,33,34);1-2H3. The minimum Gasteiger partial charge on any atom is -0.481 e. The van der Waals surface area contributed by atoms with Crippen LogP contribution in [-0.2, 0) is 18.3 Å². The Kier molecular flexibility index (Phi) is 11.9. The molecule has 0 bridgehead atoms. The van der Waals surface area contributed by atoms with E-state index in [0.29, 0.717) is 17.0 Å². The number of halogens is 3. The average Bonchev–Trinajstić information content (AvgIpc) is 3.08. The number of Topliss-reactive ketones (excluding diaryl/α,β-unsaturated/α-hetero) is 1.